The van der Waals surface area contributed by atoms with Crippen LogP contribution in [0, 0.1) is 18.7 Å². The van der Waals surface area contributed by atoms with Gasteiger partial charge in [-0.2, -0.15) is 23.0 Å². The van der Waals surface area contributed by atoms with E-state index in [0.717, 1.165) is 40.4 Å². The fraction of sp³-hybridized carbons (Fsp3) is 0.438. The number of aromatic nitrogens is 3. The zero-order chi connectivity index (χ0) is 19.1. The molecule has 1 heterocycles. The van der Waals surface area contributed by atoms with E-state index in [-0.39, 0.29) is 23.0 Å². The van der Waals surface area contributed by atoms with Crippen molar-refractivity contribution in [2.75, 3.05) is 5.75 Å². The normalized spacial score (nSPS) is 14.7. The van der Waals surface area contributed by atoms with Gasteiger partial charge in [0.2, 0.25) is 0 Å². The predicted molar refractivity (Wildman–Crippen MR) is 88.3 cm³/mol. The van der Waals surface area contributed by atoms with Crippen LogP contribution < -0.4 is 11.2 Å². The van der Waals surface area contributed by atoms with Crippen molar-refractivity contribution in [3.63, 3.8) is 0 Å². The summed E-state index contributed by atoms with van der Waals surface area (Å²) in [7, 11) is 0. The summed E-state index contributed by atoms with van der Waals surface area (Å²) in [6, 6.07) is 2.21. The van der Waals surface area contributed by atoms with E-state index in [1.54, 1.807) is 0 Å². The van der Waals surface area contributed by atoms with Crippen molar-refractivity contribution in [1.82, 2.24) is 14.3 Å². The molecule has 0 unspecified atom stereocenters. The monoisotopic (exact) mass is 389 g/mol. The summed E-state index contributed by atoms with van der Waals surface area (Å²) in [6.07, 6.45) is -1.65. The van der Waals surface area contributed by atoms with Crippen LogP contribution in [0.5, 0.6) is 0 Å². The fourth-order valence-corrected chi connectivity index (χ4v) is 3.25. The molecular formula is C16H15F4N3O2S. The first-order valence-electron chi connectivity index (χ1n) is 7.85. The summed E-state index contributed by atoms with van der Waals surface area (Å²) >= 11 is 0.502. The van der Waals surface area contributed by atoms with Gasteiger partial charge in [0.1, 0.15) is 17.7 Å². The molecule has 0 aliphatic heterocycles. The number of aryl methyl sites for hydroxylation is 1. The van der Waals surface area contributed by atoms with Gasteiger partial charge in [-0.15, -0.1) is 11.8 Å². The van der Waals surface area contributed by atoms with Crippen LogP contribution in [-0.4, -0.2) is 26.3 Å². The second-order valence-electron chi connectivity index (χ2n) is 6.20. The molecule has 0 spiro atoms. The van der Waals surface area contributed by atoms with Gasteiger partial charge in [0, 0.05) is 11.4 Å². The molecule has 3 rings (SSSR count). The van der Waals surface area contributed by atoms with Gasteiger partial charge in [0.15, 0.2) is 0 Å². The van der Waals surface area contributed by atoms with Crippen molar-refractivity contribution in [3.05, 3.63) is 50.5 Å². The Bertz CT molecular complexity index is 948. The summed E-state index contributed by atoms with van der Waals surface area (Å²) < 4.78 is 53.4. The lowest BCUT2D eigenvalue weighted by Crippen LogP contribution is -2.40. The van der Waals surface area contributed by atoms with Crippen LogP contribution in [0.4, 0.5) is 17.6 Å². The number of thioether (sulfide) groups is 1. The van der Waals surface area contributed by atoms with Crippen LogP contribution >= 0.6 is 11.8 Å². The highest BCUT2D eigenvalue weighted by Gasteiger charge is 2.28. The number of hydrogen-bond donors (Lipinski definition) is 0. The van der Waals surface area contributed by atoms with E-state index in [4.69, 9.17) is 0 Å². The standard InChI is InChI=1S/C16H15F4N3O2S/c1-9-4-11(17)12(5-13(9)26-8-16(18,19)20)23-15(25)22(7-10-2-3-10)14(24)6-21-23/h4-6,10H,2-3,7-8H2,1H3. The predicted octanol–water partition coefficient (Wildman–Crippen LogP) is 2.91. The third-order valence-corrected chi connectivity index (χ3v) is 5.19. The molecule has 1 aliphatic carbocycles. The number of rotatable bonds is 5. The first-order valence-corrected chi connectivity index (χ1v) is 8.83. The molecule has 0 atom stereocenters. The van der Waals surface area contributed by atoms with Gasteiger partial charge < -0.3 is 0 Å². The zero-order valence-electron chi connectivity index (χ0n) is 13.7. The van der Waals surface area contributed by atoms with Crippen molar-refractivity contribution in [2.24, 2.45) is 5.92 Å². The van der Waals surface area contributed by atoms with Crippen LogP contribution in [0.15, 0.2) is 32.8 Å². The van der Waals surface area contributed by atoms with Crippen LogP contribution in [0.2, 0.25) is 0 Å². The Kier molecular flexibility index (Phi) is 4.96. The van der Waals surface area contributed by atoms with Gasteiger partial charge in [-0.25, -0.2) is 9.18 Å². The van der Waals surface area contributed by atoms with Crippen LogP contribution in [0.3, 0.4) is 0 Å². The minimum absolute atomic E-state index is 0.187. The van der Waals surface area contributed by atoms with Gasteiger partial charge in [0.05, 0.1) is 5.75 Å². The van der Waals surface area contributed by atoms with Crippen molar-refractivity contribution < 1.29 is 17.6 Å². The first kappa shape index (κ1) is 18.7. The molecule has 0 N–H and O–H groups in total. The second kappa shape index (κ2) is 6.90. The number of nitrogens with zero attached hydrogens (tertiary/aromatic N) is 3. The number of halogens is 4. The lowest BCUT2D eigenvalue weighted by Gasteiger charge is -2.13. The first-order chi connectivity index (χ1) is 12.2. The molecule has 2 aromatic rings. The molecule has 0 radical (unpaired) electrons. The van der Waals surface area contributed by atoms with Crippen LogP contribution in [0.1, 0.15) is 18.4 Å². The molecule has 26 heavy (non-hydrogen) atoms. The molecular weight excluding hydrogens is 374 g/mol. The third kappa shape index (κ3) is 4.17. The minimum atomic E-state index is -4.38. The quantitative estimate of drug-likeness (QED) is 0.583. The van der Waals surface area contributed by atoms with Crippen LogP contribution in [-0.2, 0) is 6.54 Å². The maximum atomic E-state index is 14.4. The molecule has 1 saturated carbocycles. The summed E-state index contributed by atoms with van der Waals surface area (Å²) in [4.78, 5) is 24.6. The highest BCUT2D eigenvalue weighted by atomic mass is 32.2. The molecule has 10 heteroatoms. The minimum Gasteiger partial charge on any atom is -0.267 e. The smallest absolute Gasteiger partial charge is 0.267 e. The fourth-order valence-electron chi connectivity index (χ4n) is 2.45. The van der Waals surface area contributed by atoms with Gasteiger partial charge in [-0.05, 0) is 43.4 Å². The number of alkyl halides is 3. The molecule has 1 aromatic carbocycles. The third-order valence-electron chi connectivity index (χ3n) is 3.96. The van der Waals surface area contributed by atoms with Crippen molar-refractivity contribution in [1.29, 1.82) is 0 Å². The highest BCUT2D eigenvalue weighted by molar-refractivity contribution is 7.99. The maximum absolute atomic E-state index is 14.4. The lowest BCUT2D eigenvalue weighted by atomic mass is 10.2. The average Bonchev–Trinajstić information content (AvgIpc) is 3.35. The van der Waals surface area contributed by atoms with E-state index in [2.05, 4.69) is 5.10 Å². The Balaban J connectivity index is 2.03. The molecule has 1 aromatic heterocycles. The Labute approximate surface area is 149 Å². The van der Waals surface area contributed by atoms with E-state index in [9.17, 15) is 27.2 Å². The van der Waals surface area contributed by atoms with Gasteiger partial charge in [-0.1, -0.05) is 0 Å². The summed E-state index contributed by atoms with van der Waals surface area (Å²) in [6.45, 7) is 1.71. The average molecular weight is 389 g/mol. The van der Waals surface area contributed by atoms with Crippen LogP contribution in [0.25, 0.3) is 5.69 Å². The molecule has 1 aliphatic rings. The summed E-state index contributed by atoms with van der Waals surface area (Å²) in [5.41, 5.74) is -1.36. The summed E-state index contributed by atoms with van der Waals surface area (Å²) in [5.74, 6) is -1.70. The van der Waals surface area contributed by atoms with Crippen molar-refractivity contribution in [2.45, 2.75) is 37.4 Å². The molecule has 0 saturated heterocycles. The van der Waals surface area contributed by atoms with E-state index in [1.807, 2.05) is 0 Å². The topological polar surface area (TPSA) is 56.9 Å². The van der Waals surface area contributed by atoms with E-state index in [0.29, 0.717) is 17.3 Å². The van der Waals surface area contributed by atoms with E-state index in [1.165, 1.54) is 6.92 Å². The molecule has 1 fully saturated rings. The SMILES string of the molecule is Cc1cc(F)c(-n2ncc(=O)n(CC3CC3)c2=O)cc1SCC(F)(F)F. The Hall–Kier alpha value is -2.10. The molecule has 140 valence electrons. The van der Waals surface area contributed by atoms with E-state index < -0.39 is 29.0 Å². The zero-order valence-corrected chi connectivity index (χ0v) is 14.5. The molecule has 5 nitrogen and oxygen atoms in total. The largest absolute Gasteiger partial charge is 0.398 e. The Morgan fingerprint density at radius 2 is 1.96 bits per heavy atom. The summed E-state index contributed by atoms with van der Waals surface area (Å²) in [5, 5.41) is 3.68. The van der Waals surface area contributed by atoms with Crippen molar-refractivity contribution >= 4 is 11.8 Å². The Morgan fingerprint density at radius 3 is 2.58 bits per heavy atom. The van der Waals surface area contributed by atoms with E-state index >= 15 is 0 Å². The molecule has 0 amide bonds. The van der Waals surface area contributed by atoms with Gasteiger partial charge in [0.25, 0.3) is 5.56 Å². The second-order valence-corrected chi connectivity index (χ2v) is 7.22. The highest BCUT2D eigenvalue weighted by Crippen LogP contribution is 2.32. The number of hydrogen-bond acceptors (Lipinski definition) is 4. The van der Waals surface area contributed by atoms with Gasteiger partial charge in [-0.3, -0.25) is 9.36 Å². The maximum Gasteiger partial charge on any atom is 0.398 e. The van der Waals surface area contributed by atoms with Crippen molar-refractivity contribution in [3.8, 4) is 5.69 Å². The number of benzene rings is 1. The lowest BCUT2D eigenvalue weighted by molar-refractivity contribution is -0.105. The Morgan fingerprint density at radius 1 is 1.27 bits per heavy atom. The molecule has 0 bridgehead atoms. The van der Waals surface area contributed by atoms with Gasteiger partial charge >= 0.3 is 11.9 Å².